The number of rotatable bonds is 6. The van der Waals surface area contributed by atoms with Crippen molar-refractivity contribution < 1.29 is 4.79 Å². The van der Waals surface area contributed by atoms with Crippen LogP contribution in [0.15, 0.2) is 42.7 Å². The normalized spacial score (nSPS) is 16.7. The standard InChI is InChI=1S/C19H26N4O/c20-15-19(9-5-2-6-10-19)11-18(24)22-17-12-21-23(14-17)13-16-7-3-1-4-8-16/h1,3-4,7-8,12,14H,2,5-6,9-11,13,15,20H2,(H,22,24). The van der Waals surface area contributed by atoms with Crippen molar-refractivity contribution in [3.05, 3.63) is 48.3 Å². The average molecular weight is 326 g/mol. The van der Waals surface area contributed by atoms with Crippen LogP contribution in [0.1, 0.15) is 44.1 Å². The molecule has 1 aromatic heterocycles. The van der Waals surface area contributed by atoms with Gasteiger partial charge in [-0.2, -0.15) is 5.10 Å². The van der Waals surface area contributed by atoms with Crippen LogP contribution < -0.4 is 11.1 Å². The van der Waals surface area contributed by atoms with Crippen LogP contribution in [0.5, 0.6) is 0 Å². The summed E-state index contributed by atoms with van der Waals surface area (Å²) in [5, 5.41) is 7.30. The minimum Gasteiger partial charge on any atom is -0.330 e. The monoisotopic (exact) mass is 326 g/mol. The lowest BCUT2D eigenvalue weighted by atomic mass is 9.71. The average Bonchev–Trinajstić information content (AvgIpc) is 3.03. The maximum atomic E-state index is 12.4. The Bertz CT molecular complexity index is 659. The van der Waals surface area contributed by atoms with Gasteiger partial charge in [-0.05, 0) is 30.4 Å². The molecule has 0 bridgehead atoms. The molecule has 0 saturated heterocycles. The molecule has 24 heavy (non-hydrogen) atoms. The molecule has 0 aliphatic heterocycles. The summed E-state index contributed by atoms with van der Waals surface area (Å²) in [4.78, 5) is 12.4. The third-order valence-electron chi connectivity index (χ3n) is 4.99. The maximum absolute atomic E-state index is 12.4. The number of anilines is 1. The fourth-order valence-electron chi connectivity index (χ4n) is 3.59. The summed E-state index contributed by atoms with van der Waals surface area (Å²) in [6.07, 6.45) is 9.83. The first-order chi connectivity index (χ1) is 11.7. The largest absolute Gasteiger partial charge is 0.330 e. The number of carbonyl (C=O) groups is 1. The first kappa shape index (κ1) is 16.7. The number of nitrogens with zero attached hydrogens (tertiary/aromatic N) is 2. The quantitative estimate of drug-likeness (QED) is 0.856. The third kappa shape index (κ3) is 4.23. The van der Waals surface area contributed by atoms with E-state index in [1.165, 1.54) is 24.8 Å². The first-order valence-electron chi connectivity index (χ1n) is 8.75. The van der Waals surface area contributed by atoms with Crippen molar-refractivity contribution in [2.24, 2.45) is 11.1 Å². The molecule has 3 rings (SSSR count). The Kier molecular flexibility index (Phi) is 5.30. The van der Waals surface area contributed by atoms with Crippen molar-refractivity contribution in [1.82, 2.24) is 9.78 Å². The van der Waals surface area contributed by atoms with Crippen molar-refractivity contribution in [2.45, 2.75) is 45.1 Å². The minimum atomic E-state index is -0.0115. The van der Waals surface area contributed by atoms with Gasteiger partial charge in [0.05, 0.1) is 18.4 Å². The molecule has 1 fully saturated rings. The zero-order valence-corrected chi connectivity index (χ0v) is 14.1. The van der Waals surface area contributed by atoms with Crippen LogP contribution in [-0.2, 0) is 11.3 Å². The van der Waals surface area contributed by atoms with Gasteiger partial charge < -0.3 is 11.1 Å². The van der Waals surface area contributed by atoms with Crippen molar-refractivity contribution in [3.63, 3.8) is 0 Å². The second-order valence-corrected chi connectivity index (χ2v) is 6.90. The fourth-order valence-corrected chi connectivity index (χ4v) is 3.59. The molecule has 1 saturated carbocycles. The van der Waals surface area contributed by atoms with Gasteiger partial charge in [0, 0.05) is 12.6 Å². The minimum absolute atomic E-state index is 0.0115. The maximum Gasteiger partial charge on any atom is 0.225 e. The van der Waals surface area contributed by atoms with E-state index in [0.29, 0.717) is 19.5 Å². The molecule has 5 nitrogen and oxygen atoms in total. The van der Waals surface area contributed by atoms with E-state index in [0.717, 1.165) is 18.5 Å². The van der Waals surface area contributed by atoms with Gasteiger partial charge in [0.15, 0.2) is 0 Å². The van der Waals surface area contributed by atoms with Gasteiger partial charge in [0.1, 0.15) is 0 Å². The molecule has 0 spiro atoms. The fraction of sp³-hybridized carbons (Fsp3) is 0.474. The van der Waals surface area contributed by atoms with Gasteiger partial charge in [-0.15, -0.1) is 0 Å². The Labute approximate surface area is 143 Å². The van der Waals surface area contributed by atoms with Crippen LogP contribution >= 0.6 is 0 Å². The molecule has 0 unspecified atom stereocenters. The second-order valence-electron chi connectivity index (χ2n) is 6.90. The third-order valence-corrected chi connectivity index (χ3v) is 4.99. The smallest absolute Gasteiger partial charge is 0.225 e. The SMILES string of the molecule is NCC1(CC(=O)Nc2cnn(Cc3ccccc3)c2)CCCCC1. The summed E-state index contributed by atoms with van der Waals surface area (Å²) >= 11 is 0. The van der Waals surface area contributed by atoms with Gasteiger partial charge in [0.25, 0.3) is 0 Å². The van der Waals surface area contributed by atoms with Gasteiger partial charge in [-0.25, -0.2) is 0 Å². The van der Waals surface area contributed by atoms with Crippen LogP contribution in [0, 0.1) is 5.41 Å². The van der Waals surface area contributed by atoms with Crippen molar-refractivity contribution >= 4 is 11.6 Å². The zero-order chi connectivity index (χ0) is 16.8. The van der Waals surface area contributed by atoms with E-state index in [-0.39, 0.29) is 11.3 Å². The van der Waals surface area contributed by atoms with E-state index in [4.69, 9.17) is 5.73 Å². The lowest BCUT2D eigenvalue weighted by Gasteiger charge is -2.35. The first-order valence-corrected chi connectivity index (χ1v) is 8.75. The van der Waals surface area contributed by atoms with Crippen LogP contribution in [0.25, 0.3) is 0 Å². The van der Waals surface area contributed by atoms with E-state index in [1.54, 1.807) is 6.20 Å². The number of nitrogens with one attached hydrogen (secondary N) is 1. The summed E-state index contributed by atoms with van der Waals surface area (Å²) in [6, 6.07) is 10.1. The number of amides is 1. The molecule has 0 atom stereocenters. The molecule has 5 heteroatoms. The molecular formula is C19H26N4O. The predicted octanol–water partition coefficient (Wildman–Crippen LogP) is 3.17. The lowest BCUT2D eigenvalue weighted by Crippen LogP contribution is -2.36. The van der Waals surface area contributed by atoms with Crippen LogP contribution in [0.2, 0.25) is 0 Å². The number of hydrogen-bond acceptors (Lipinski definition) is 3. The number of carbonyl (C=O) groups excluding carboxylic acids is 1. The van der Waals surface area contributed by atoms with E-state index >= 15 is 0 Å². The summed E-state index contributed by atoms with van der Waals surface area (Å²) in [5.74, 6) is 0.0432. The molecular weight excluding hydrogens is 300 g/mol. The highest BCUT2D eigenvalue weighted by Gasteiger charge is 2.33. The topological polar surface area (TPSA) is 72.9 Å². The van der Waals surface area contributed by atoms with Crippen LogP contribution in [0.4, 0.5) is 5.69 Å². The lowest BCUT2D eigenvalue weighted by molar-refractivity contribution is -0.118. The van der Waals surface area contributed by atoms with Gasteiger partial charge in [0.2, 0.25) is 5.91 Å². The van der Waals surface area contributed by atoms with Gasteiger partial charge >= 0.3 is 0 Å². The molecule has 1 heterocycles. The van der Waals surface area contributed by atoms with Crippen molar-refractivity contribution in [2.75, 3.05) is 11.9 Å². The second kappa shape index (κ2) is 7.62. The summed E-state index contributed by atoms with van der Waals surface area (Å²) in [6.45, 7) is 1.29. The Morgan fingerprint density at radius 2 is 1.96 bits per heavy atom. The number of benzene rings is 1. The Hall–Kier alpha value is -2.14. The molecule has 2 aromatic rings. The van der Waals surface area contributed by atoms with Gasteiger partial charge in [-0.1, -0.05) is 49.6 Å². The van der Waals surface area contributed by atoms with Crippen molar-refractivity contribution in [3.8, 4) is 0 Å². The van der Waals surface area contributed by atoms with E-state index < -0.39 is 0 Å². The van der Waals surface area contributed by atoms with Gasteiger partial charge in [-0.3, -0.25) is 9.48 Å². The molecule has 128 valence electrons. The molecule has 1 aromatic carbocycles. The Morgan fingerprint density at radius 3 is 2.67 bits per heavy atom. The molecule has 0 radical (unpaired) electrons. The molecule has 1 aliphatic rings. The highest BCUT2D eigenvalue weighted by molar-refractivity contribution is 5.90. The molecule has 1 amide bonds. The number of nitrogens with two attached hydrogens (primary N) is 1. The Morgan fingerprint density at radius 1 is 1.21 bits per heavy atom. The highest BCUT2D eigenvalue weighted by atomic mass is 16.1. The van der Waals surface area contributed by atoms with E-state index in [9.17, 15) is 4.79 Å². The zero-order valence-electron chi connectivity index (χ0n) is 14.1. The van der Waals surface area contributed by atoms with Crippen molar-refractivity contribution in [1.29, 1.82) is 0 Å². The molecule has 3 N–H and O–H groups in total. The van der Waals surface area contributed by atoms with E-state index in [2.05, 4.69) is 22.5 Å². The highest BCUT2D eigenvalue weighted by Crippen LogP contribution is 2.38. The van der Waals surface area contributed by atoms with Crippen LogP contribution in [0.3, 0.4) is 0 Å². The number of aromatic nitrogens is 2. The van der Waals surface area contributed by atoms with E-state index in [1.807, 2.05) is 29.1 Å². The predicted molar refractivity (Wildman–Crippen MR) is 95.6 cm³/mol. The van der Waals surface area contributed by atoms with Crippen LogP contribution in [-0.4, -0.2) is 22.2 Å². The Balaban J connectivity index is 1.57. The summed E-state index contributed by atoms with van der Waals surface area (Å²) in [5.41, 5.74) is 7.89. The summed E-state index contributed by atoms with van der Waals surface area (Å²) in [7, 11) is 0. The molecule has 1 aliphatic carbocycles. The number of hydrogen-bond donors (Lipinski definition) is 2. The summed E-state index contributed by atoms with van der Waals surface area (Å²) < 4.78 is 1.84.